The van der Waals surface area contributed by atoms with Crippen LogP contribution in [0.1, 0.15) is 0 Å². The summed E-state index contributed by atoms with van der Waals surface area (Å²) in [4.78, 5) is 23.3. The normalized spacial score (nSPS) is 14.5. The average Bonchev–Trinajstić information content (AvgIpc) is 2.78. The van der Waals surface area contributed by atoms with Crippen LogP contribution in [0.25, 0.3) is 10.8 Å². The first-order valence-electron chi connectivity index (χ1n) is 6.04. The van der Waals surface area contributed by atoms with Crippen LogP contribution in [0, 0.1) is 0 Å². The number of hydrogen-bond acceptors (Lipinski definition) is 4. The number of carbonyl (C=O) groups excluding carboxylic acids is 2. The fourth-order valence-corrected chi connectivity index (χ4v) is 2.08. The third-order valence-electron chi connectivity index (χ3n) is 3.07. The number of cyclic esters (lactones) is 1. The zero-order chi connectivity index (χ0) is 14.1. The van der Waals surface area contributed by atoms with E-state index in [1.165, 1.54) is 0 Å². The number of ether oxygens (including phenoxy) is 1. The molecule has 1 aliphatic heterocycles. The van der Waals surface area contributed by atoms with Crippen LogP contribution in [0.3, 0.4) is 0 Å². The van der Waals surface area contributed by atoms with Crippen molar-refractivity contribution in [3.05, 3.63) is 53.8 Å². The number of fused-ring (bicyclic) bond motifs is 1. The lowest BCUT2D eigenvalue weighted by molar-refractivity contribution is -0.137. The fourth-order valence-electron chi connectivity index (χ4n) is 2.08. The molecule has 0 radical (unpaired) electrons. The van der Waals surface area contributed by atoms with E-state index in [4.69, 9.17) is 0 Å². The molecule has 20 heavy (non-hydrogen) atoms. The smallest absolute Gasteiger partial charge is 0.347 e. The number of esters is 1. The maximum atomic E-state index is 11.9. The van der Waals surface area contributed by atoms with Crippen molar-refractivity contribution < 1.29 is 19.4 Å². The van der Waals surface area contributed by atoms with Gasteiger partial charge in [-0.1, -0.05) is 30.3 Å². The summed E-state index contributed by atoms with van der Waals surface area (Å²) in [6.07, 6.45) is 0. The van der Waals surface area contributed by atoms with Crippen LogP contribution < -0.4 is 5.32 Å². The Kier molecular flexibility index (Phi) is 2.87. The van der Waals surface area contributed by atoms with Gasteiger partial charge in [0, 0.05) is 5.69 Å². The minimum Gasteiger partial charge on any atom is -0.508 e. The summed E-state index contributed by atoms with van der Waals surface area (Å²) in [6.45, 7) is -0.251. The molecule has 1 heterocycles. The van der Waals surface area contributed by atoms with Gasteiger partial charge in [0.2, 0.25) is 0 Å². The van der Waals surface area contributed by atoms with E-state index in [1.807, 2.05) is 30.3 Å². The number of nitrogens with one attached hydrogen (secondary N) is 1. The van der Waals surface area contributed by atoms with Crippen molar-refractivity contribution in [2.24, 2.45) is 0 Å². The number of carbonyl (C=O) groups is 2. The maximum Gasteiger partial charge on any atom is 0.347 e. The summed E-state index contributed by atoms with van der Waals surface area (Å²) < 4.78 is 4.58. The first kappa shape index (κ1) is 12.2. The lowest BCUT2D eigenvalue weighted by atomic mass is 10.1. The molecule has 0 atom stereocenters. The van der Waals surface area contributed by atoms with Gasteiger partial charge >= 0.3 is 5.97 Å². The van der Waals surface area contributed by atoms with Crippen LogP contribution in [0.2, 0.25) is 0 Å². The molecule has 3 rings (SSSR count). The summed E-state index contributed by atoms with van der Waals surface area (Å²) in [5.74, 6) is -1.81. The van der Waals surface area contributed by atoms with Gasteiger partial charge in [-0.2, -0.15) is 0 Å². The van der Waals surface area contributed by atoms with Crippen LogP contribution in [-0.4, -0.2) is 23.6 Å². The molecule has 100 valence electrons. The minimum atomic E-state index is -0.805. The largest absolute Gasteiger partial charge is 0.508 e. The van der Waals surface area contributed by atoms with E-state index in [2.05, 4.69) is 10.1 Å². The number of rotatable bonds is 2. The molecule has 1 aliphatic rings. The highest BCUT2D eigenvalue weighted by molar-refractivity contribution is 6.22. The van der Waals surface area contributed by atoms with Crippen molar-refractivity contribution in [2.75, 3.05) is 11.9 Å². The molecule has 0 spiro atoms. The third-order valence-corrected chi connectivity index (χ3v) is 3.07. The van der Waals surface area contributed by atoms with Gasteiger partial charge in [-0.05, 0) is 22.9 Å². The summed E-state index contributed by atoms with van der Waals surface area (Å²) >= 11 is 0. The Bertz CT molecular complexity index is 748. The molecule has 2 aromatic rings. The van der Waals surface area contributed by atoms with Gasteiger partial charge in [-0.3, -0.25) is 4.79 Å². The van der Waals surface area contributed by atoms with E-state index in [0.717, 1.165) is 10.8 Å². The highest BCUT2D eigenvalue weighted by atomic mass is 16.5. The van der Waals surface area contributed by atoms with Gasteiger partial charge in [0.1, 0.15) is 6.61 Å². The maximum absolute atomic E-state index is 11.9. The molecule has 1 amide bonds. The molecule has 2 aromatic carbocycles. The van der Waals surface area contributed by atoms with Crippen molar-refractivity contribution in [3.8, 4) is 0 Å². The van der Waals surface area contributed by atoms with Gasteiger partial charge in [0.25, 0.3) is 5.91 Å². The van der Waals surface area contributed by atoms with Crippen LogP contribution in [0.15, 0.2) is 53.8 Å². The Labute approximate surface area is 114 Å². The topological polar surface area (TPSA) is 75.6 Å². The molecule has 5 nitrogen and oxygen atoms in total. The second-order valence-electron chi connectivity index (χ2n) is 4.41. The Morgan fingerprint density at radius 3 is 2.60 bits per heavy atom. The van der Waals surface area contributed by atoms with Crippen LogP contribution in [0.4, 0.5) is 5.69 Å². The van der Waals surface area contributed by atoms with E-state index >= 15 is 0 Å². The first-order chi connectivity index (χ1) is 9.65. The summed E-state index contributed by atoms with van der Waals surface area (Å²) in [5.41, 5.74) is 0.215. The first-order valence-corrected chi connectivity index (χ1v) is 6.04. The van der Waals surface area contributed by atoms with Crippen LogP contribution >= 0.6 is 0 Å². The second kappa shape index (κ2) is 4.70. The Hall–Kier alpha value is -2.82. The number of aliphatic hydroxyl groups is 1. The Balaban J connectivity index is 1.88. The highest BCUT2D eigenvalue weighted by Gasteiger charge is 2.30. The number of amides is 1. The Morgan fingerprint density at radius 1 is 1.15 bits per heavy atom. The standard InChI is InChI=1S/C15H11NO4/c17-12-8-20-15(19)13(12)14(18)16-11-6-5-9-3-1-2-4-10(9)7-11/h1-7,17H,8H2,(H,16,18). The monoisotopic (exact) mass is 269 g/mol. The molecule has 0 saturated heterocycles. The molecule has 2 N–H and O–H groups in total. The molecule has 0 aromatic heterocycles. The van der Waals surface area contributed by atoms with E-state index in [9.17, 15) is 14.7 Å². The van der Waals surface area contributed by atoms with Gasteiger partial charge < -0.3 is 15.2 Å². The van der Waals surface area contributed by atoms with Gasteiger partial charge in [0.15, 0.2) is 11.3 Å². The predicted molar refractivity (Wildman–Crippen MR) is 73.2 cm³/mol. The van der Waals surface area contributed by atoms with E-state index in [1.54, 1.807) is 12.1 Å². The van der Waals surface area contributed by atoms with Crippen LogP contribution in [-0.2, 0) is 14.3 Å². The number of hydrogen-bond donors (Lipinski definition) is 2. The zero-order valence-electron chi connectivity index (χ0n) is 10.4. The van der Waals surface area contributed by atoms with Crippen molar-refractivity contribution in [1.29, 1.82) is 0 Å². The zero-order valence-corrected chi connectivity index (χ0v) is 10.4. The number of benzene rings is 2. The quantitative estimate of drug-likeness (QED) is 0.647. The van der Waals surface area contributed by atoms with Crippen molar-refractivity contribution in [3.63, 3.8) is 0 Å². The molecule has 0 saturated carbocycles. The molecule has 0 aliphatic carbocycles. The molecular weight excluding hydrogens is 258 g/mol. The summed E-state index contributed by atoms with van der Waals surface area (Å²) in [6, 6.07) is 13.1. The van der Waals surface area contributed by atoms with Crippen molar-refractivity contribution in [1.82, 2.24) is 0 Å². The van der Waals surface area contributed by atoms with Crippen molar-refractivity contribution >= 4 is 28.3 Å². The lowest BCUT2D eigenvalue weighted by Crippen LogP contribution is -2.19. The Morgan fingerprint density at radius 2 is 1.90 bits per heavy atom. The lowest BCUT2D eigenvalue weighted by Gasteiger charge is -2.06. The fraction of sp³-hybridized carbons (Fsp3) is 0.0667. The van der Waals surface area contributed by atoms with Gasteiger partial charge in [0.05, 0.1) is 0 Å². The number of aliphatic hydroxyl groups excluding tert-OH is 1. The molecule has 0 fully saturated rings. The average molecular weight is 269 g/mol. The van der Waals surface area contributed by atoms with Crippen molar-refractivity contribution in [2.45, 2.75) is 0 Å². The predicted octanol–water partition coefficient (Wildman–Crippen LogP) is 2.15. The third kappa shape index (κ3) is 2.09. The van der Waals surface area contributed by atoms with Crippen LogP contribution in [0.5, 0.6) is 0 Å². The molecule has 0 bridgehead atoms. The second-order valence-corrected chi connectivity index (χ2v) is 4.41. The number of anilines is 1. The van der Waals surface area contributed by atoms with Gasteiger partial charge in [-0.25, -0.2) is 4.79 Å². The molecular formula is C15H11NO4. The van der Waals surface area contributed by atoms with Gasteiger partial charge in [-0.15, -0.1) is 0 Å². The molecule has 0 unspecified atom stereocenters. The SMILES string of the molecule is O=C(Nc1ccc2ccccc2c1)C1=C(O)COC1=O. The minimum absolute atomic E-state index is 0.251. The summed E-state index contributed by atoms with van der Waals surface area (Å²) in [5, 5.41) is 14.1. The van der Waals surface area contributed by atoms with E-state index in [0.29, 0.717) is 5.69 Å². The summed E-state index contributed by atoms with van der Waals surface area (Å²) in [7, 11) is 0. The van der Waals surface area contributed by atoms with E-state index in [-0.39, 0.29) is 17.9 Å². The highest BCUT2D eigenvalue weighted by Crippen LogP contribution is 2.21. The van der Waals surface area contributed by atoms with E-state index < -0.39 is 11.9 Å². The molecule has 5 heteroatoms.